The first-order valence-electron chi connectivity index (χ1n) is 14.1. The van der Waals surface area contributed by atoms with Crippen LogP contribution in [0.4, 0.5) is 0 Å². The Morgan fingerprint density at radius 1 is 1.02 bits per heavy atom. The Morgan fingerprint density at radius 2 is 1.71 bits per heavy atom. The van der Waals surface area contributed by atoms with Gasteiger partial charge in [-0.15, -0.1) is 0 Å². The van der Waals surface area contributed by atoms with Crippen molar-refractivity contribution in [2.45, 2.75) is 58.4 Å². The second-order valence-electron chi connectivity index (χ2n) is 10.5. The van der Waals surface area contributed by atoms with Gasteiger partial charge in [0.05, 0.1) is 11.8 Å². The Hall–Kier alpha value is -4.45. The molecule has 0 spiro atoms. The first kappa shape index (κ1) is 32.1. The van der Waals surface area contributed by atoms with Gasteiger partial charge in [0.25, 0.3) is 0 Å². The van der Waals surface area contributed by atoms with Crippen molar-refractivity contribution in [3.63, 3.8) is 0 Å². The van der Waals surface area contributed by atoms with Crippen molar-refractivity contribution >= 4 is 17.8 Å². The molecule has 3 atom stereocenters. The number of aromatic hydroxyl groups is 1. The number of unbranched alkanes of at least 4 members (excludes halogenated alkanes) is 1. The summed E-state index contributed by atoms with van der Waals surface area (Å²) in [5.74, 6) is -1.99. The van der Waals surface area contributed by atoms with Gasteiger partial charge in [-0.1, -0.05) is 35.5 Å². The molecule has 1 heterocycles. The number of hydrogen-bond donors (Lipinski definition) is 6. The Kier molecular flexibility index (Phi) is 11.9. The van der Waals surface area contributed by atoms with Gasteiger partial charge in [-0.2, -0.15) is 4.98 Å². The van der Waals surface area contributed by atoms with Gasteiger partial charge in [0.2, 0.25) is 17.7 Å². The van der Waals surface area contributed by atoms with Crippen LogP contribution in [0.3, 0.4) is 0 Å². The highest BCUT2D eigenvalue weighted by Gasteiger charge is 2.35. The number of aliphatic imine (C=N–C) groups is 1. The molecular weight excluding hydrogens is 536 g/mol. The lowest BCUT2D eigenvalue weighted by Gasteiger charge is -2.27. The number of hydrogen-bond acceptors (Lipinski definition) is 8. The minimum atomic E-state index is -0.873. The number of aryl methyl sites for hydroxylation is 2. The molecule has 3 aromatic rings. The fourth-order valence-electron chi connectivity index (χ4n) is 5.09. The molecule has 0 saturated carbocycles. The number of phenolic OH excluding ortho intramolecular Hbond substituents is 1. The summed E-state index contributed by atoms with van der Waals surface area (Å²) in [6.07, 6.45) is 2.82. The molecule has 2 amide bonds. The molecule has 0 saturated heterocycles. The molecule has 0 aliphatic carbocycles. The molecule has 10 N–H and O–H groups in total. The number of carbonyl (C=O) groups excluding carboxylic acids is 2. The van der Waals surface area contributed by atoms with E-state index in [1.165, 1.54) is 0 Å². The maximum Gasteiger partial charge on any atom is 0.249 e. The van der Waals surface area contributed by atoms with E-state index >= 15 is 0 Å². The predicted octanol–water partition coefficient (Wildman–Crippen LogP) is 1.89. The molecule has 12 heteroatoms. The van der Waals surface area contributed by atoms with Gasteiger partial charge < -0.3 is 37.9 Å². The third-order valence-electron chi connectivity index (χ3n) is 7.28. The van der Waals surface area contributed by atoms with Gasteiger partial charge in [0.1, 0.15) is 11.8 Å². The Bertz CT molecular complexity index is 1330. The highest BCUT2D eigenvalue weighted by molar-refractivity contribution is 5.87. The highest BCUT2D eigenvalue weighted by Crippen LogP contribution is 2.29. The van der Waals surface area contributed by atoms with Crippen LogP contribution in [0.5, 0.6) is 5.75 Å². The summed E-state index contributed by atoms with van der Waals surface area (Å²) in [4.78, 5) is 35.3. The molecule has 1 unspecified atom stereocenters. The average molecular weight is 579 g/mol. The maximum atomic E-state index is 14.0. The van der Waals surface area contributed by atoms with Crippen LogP contribution in [0.25, 0.3) is 0 Å². The molecule has 226 valence electrons. The molecule has 12 nitrogen and oxygen atoms in total. The number of carbonyl (C=O) groups is 2. The van der Waals surface area contributed by atoms with E-state index in [4.69, 9.17) is 27.5 Å². The minimum Gasteiger partial charge on any atom is -0.508 e. The fourth-order valence-corrected chi connectivity index (χ4v) is 5.09. The van der Waals surface area contributed by atoms with Crippen LogP contribution in [0.2, 0.25) is 0 Å². The van der Waals surface area contributed by atoms with Gasteiger partial charge in [-0.3, -0.25) is 14.6 Å². The zero-order valence-corrected chi connectivity index (χ0v) is 24.3. The molecule has 0 aliphatic rings. The van der Waals surface area contributed by atoms with Crippen LogP contribution >= 0.6 is 0 Å². The summed E-state index contributed by atoms with van der Waals surface area (Å²) in [6, 6.07) is 12.4. The number of phenols is 1. The Balaban J connectivity index is 1.92. The summed E-state index contributed by atoms with van der Waals surface area (Å²) in [7, 11) is 0. The zero-order valence-electron chi connectivity index (χ0n) is 24.3. The topological polar surface area (TPSA) is 222 Å². The number of amides is 2. The number of nitrogens with one attached hydrogen (secondary N) is 1. The van der Waals surface area contributed by atoms with E-state index in [-0.39, 0.29) is 37.0 Å². The van der Waals surface area contributed by atoms with Crippen molar-refractivity contribution in [1.29, 1.82) is 0 Å². The van der Waals surface area contributed by atoms with Crippen LogP contribution in [0.15, 0.2) is 52.0 Å². The van der Waals surface area contributed by atoms with Crippen LogP contribution in [0.1, 0.15) is 65.7 Å². The molecule has 42 heavy (non-hydrogen) atoms. The second-order valence-corrected chi connectivity index (χ2v) is 10.5. The number of nitrogens with two attached hydrogens (primary N) is 4. The van der Waals surface area contributed by atoms with Gasteiger partial charge in [0.15, 0.2) is 11.8 Å². The normalized spacial score (nSPS) is 13.2. The molecule has 0 radical (unpaired) electrons. The van der Waals surface area contributed by atoms with Crippen molar-refractivity contribution in [2.24, 2.45) is 39.8 Å². The lowest BCUT2D eigenvalue weighted by atomic mass is 9.81. The van der Waals surface area contributed by atoms with Crippen molar-refractivity contribution < 1.29 is 19.2 Å². The van der Waals surface area contributed by atoms with E-state index in [1.54, 1.807) is 12.1 Å². The van der Waals surface area contributed by atoms with Crippen molar-refractivity contribution in [2.75, 3.05) is 13.1 Å². The van der Waals surface area contributed by atoms with Gasteiger partial charge in [-0.05, 0) is 86.9 Å². The molecule has 3 rings (SSSR count). The molecule has 0 bridgehead atoms. The summed E-state index contributed by atoms with van der Waals surface area (Å²) < 4.78 is 5.61. The van der Waals surface area contributed by atoms with E-state index in [1.807, 2.05) is 44.2 Å². The summed E-state index contributed by atoms with van der Waals surface area (Å²) >= 11 is 0. The molecule has 0 aliphatic heterocycles. The van der Waals surface area contributed by atoms with Crippen LogP contribution in [-0.4, -0.2) is 46.1 Å². The van der Waals surface area contributed by atoms with Gasteiger partial charge in [0, 0.05) is 13.0 Å². The van der Waals surface area contributed by atoms with E-state index in [2.05, 4.69) is 20.4 Å². The quantitative estimate of drug-likeness (QED) is 0.0828. The average Bonchev–Trinajstić information content (AvgIpc) is 3.39. The fraction of sp³-hybridized carbons (Fsp3) is 0.433. The largest absolute Gasteiger partial charge is 0.508 e. The molecule has 1 aromatic heterocycles. The van der Waals surface area contributed by atoms with E-state index in [0.29, 0.717) is 31.6 Å². The van der Waals surface area contributed by atoms with Crippen molar-refractivity contribution in [3.8, 4) is 5.75 Å². The van der Waals surface area contributed by atoms with Crippen LogP contribution in [-0.2, 0) is 22.4 Å². The number of rotatable bonds is 16. The second kappa shape index (κ2) is 15.5. The standard InChI is InChI=1S/C30H42N8O4/c1-18-14-21(39)15-19(2)23(18)17-24(22(27(32)40)11-13-35-30(33)34)28(41)36-25(10-6-7-12-31)29-37-26(38-42-29)16-20-8-4-3-5-9-20/h3-5,8-9,14-15,22,24-25,39H,6-7,10-13,16-17,31H2,1-2H3,(H2,32,40)(H,36,41)(H4,33,34,35)/t22?,24-,25-/m0/s1. The lowest BCUT2D eigenvalue weighted by molar-refractivity contribution is -0.134. The number of primary amides is 1. The number of guanidine groups is 1. The lowest BCUT2D eigenvalue weighted by Crippen LogP contribution is -2.43. The Labute approximate surface area is 245 Å². The van der Waals surface area contributed by atoms with Gasteiger partial charge in [-0.25, -0.2) is 0 Å². The van der Waals surface area contributed by atoms with Crippen molar-refractivity contribution in [1.82, 2.24) is 15.5 Å². The third-order valence-corrected chi connectivity index (χ3v) is 7.28. The summed E-state index contributed by atoms with van der Waals surface area (Å²) in [6.45, 7) is 4.32. The maximum absolute atomic E-state index is 14.0. The summed E-state index contributed by atoms with van der Waals surface area (Å²) in [5.41, 5.74) is 26.0. The first-order valence-corrected chi connectivity index (χ1v) is 14.1. The van der Waals surface area contributed by atoms with E-state index in [0.717, 1.165) is 28.7 Å². The van der Waals surface area contributed by atoms with Crippen molar-refractivity contribution in [3.05, 3.63) is 76.4 Å². The van der Waals surface area contributed by atoms with E-state index < -0.39 is 29.7 Å². The SMILES string of the molecule is Cc1cc(O)cc(C)c1C[C@H](C(=O)N[C@@H](CCCCN)c1nc(Cc2ccccc2)no1)C(CCN=C(N)N)C(N)=O. The number of nitrogens with zero attached hydrogens (tertiary/aromatic N) is 3. The molecule has 2 aromatic carbocycles. The molecular formula is C30H42N8O4. The van der Waals surface area contributed by atoms with Crippen LogP contribution in [0, 0.1) is 25.7 Å². The van der Waals surface area contributed by atoms with Gasteiger partial charge >= 0.3 is 0 Å². The third kappa shape index (κ3) is 9.30. The predicted molar refractivity (Wildman–Crippen MR) is 160 cm³/mol. The smallest absolute Gasteiger partial charge is 0.249 e. The minimum absolute atomic E-state index is 0.118. The monoisotopic (exact) mass is 578 g/mol. The molecule has 0 fully saturated rings. The van der Waals surface area contributed by atoms with E-state index in [9.17, 15) is 14.7 Å². The number of aromatic nitrogens is 2. The van der Waals surface area contributed by atoms with Crippen LogP contribution < -0.4 is 28.3 Å². The zero-order chi connectivity index (χ0) is 30.6. The number of benzene rings is 2. The summed E-state index contributed by atoms with van der Waals surface area (Å²) in [5, 5.41) is 17.2. The Morgan fingerprint density at radius 3 is 2.33 bits per heavy atom. The first-order chi connectivity index (χ1) is 20.1. The highest BCUT2D eigenvalue weighted by atomic mass is 16.5.